The lowest BCUT2D eigenvalue weighted by molar-refractivity contribution is -0.195. The predicted molar refractivity (Wildman–Crippen MR) is 66.0 cm³/mol. The Morgan fingerprint density at radius 3 is 2.29 bits per heavy atom. The quantitative estimate of drug-likeness (QED) is 0.480. The van der Waals surface area contributed by atoms with E-state index in [1.807, 2.05) is 24.3 Å². The lowest BCUT2D eigenvalue weighted by atomic mass is 10.1. The molecule has 0 bridgehead atoms. The standard InChI is InChI=1S/C10H12ClIO2/c1-13-10(7-12,14-2)8-5-3-4-6-9(8)11/h3-6H,7H2,1-2H3. The summed E-state index contributed by atoms with van der Waals surface area (Å²) in [5.74, 6) is -0.737. The van der Waals surface area contributed by atoms with Crippen molar-refractivity contribution in [3.8, 4) is 0 Å². The second-order valence-corrected chi connectivity index (χ2v) is 3.94. The number of hydrogen-bond donors (Lipinski definition) is 0. The van der Waals surface area contributed by atoms with Gasteiger partial charge in [-0.15, -0.1) is 0 Å². The summed E-state index contributed by atoms with van der Waals surface area (Å²) in [6.07, 6.45) is 0. The van der Waals surface area contributed by atoms with E-state index in [0.29, 0.717) is 9.45 Å². The largest absolute Gasteiger partial charge is 0.349 e. The van der Waals surface area contributed by atoms with Crippen LogP contribution in [-0.4, -0.2) is 18.6 Å². The minimum atomic E-state index is -0.737. The van der Waals surface area contributed by atoms with Crippen LogP contribution in [-0.2, 0) is 15.3 Å². The highest BCUT2D eigenvalue weighted by molar-refractivity contribution is 14.1. The molecule has 0 aliphatic carbocycles. The summed E-state index contributed by atoms with van der Waals surface area (Å²) in [7, 11) is 3.23. The van der Waals surface area contributed by atoms with Gasteiger partial charge in [0.2, 0.25) is 5.79 Å². The van der Waals surface area contributed by atoms with Crippen LogP contribution < -0.4 is 0 Å². The number of hydrogen-bond acceptors (Lipinski definition) is 2. The van der Waals surface area contributed by atoms with Crippen LogP contribution >= 0.6 is 34.2 Å². The fourth-order valence-corrected chi connectivity index (χ4v) is 2.57. The Morgan fingerprint density at radius 2 is 1.86 bits per heavy atom. The van der Waals surface area contributed by atoms with Gasteiger partial charge in [-0.2, -0.15) is 0 Å². The van der Waals surface area contributed by atoms with Crippen LogP contribution in [0.1, 0.15) is 5.56 Å². The Morgan fingerprint density at radius 1 is 1.29 bits per heavy atom. The first-order valence-electron chi connectivity index (χ1n) is 4.11. The first kappa shape index (κ1) is 12.2. The Hall–Kier alpha value is 0.160. The van der Waals surface area contributed by atoms with Gasteiger partial charge in [-0.05, 0) is 6.07 Å². The molecule has 14 heavy (non-hydrogen) atoms. The lowest BCUT2D eigenvalue weighted by Crippen LogP contribution is -2.32. The van der Waals surface area contributed by atoms with Crippen molar-refractivity contribution in [3.05, 3.63) is 34.9 Å². The molecular weight excluding hydrogens is 314 g/mol. The molecule has 0 radical (unpaired) electrons. The van der Waals surface area contributed by atoms with Crippen LogP contribution in [0.25, 0.3) is 0 Å². The highest BCUT2D eigenvalue weighted by Crippen LogP contribution is 2.33. The molecule has 4 heteroatoms. The van der Waals surface area contributed by atoms with Gasteiger partial charge < -0.3 is 9.47 Å². The van der Waals surface area contributed by atoms with Crippen molar-refractivity contribution < 1.29 is 9.47 Å². The minimum absolute atomic E-state index is 0.660. The van der Waals surface area contributed by atoms with Crippen LogP contribution in [0.3, 0.4) is 0 Å². The van der Waals surface area contributed by atoms with Crippen molar-refractivity contribution in [3.63, 3.8) is 0 Å². The predicted octanol–water partition coefficient (Wildman–Crippen LogP) is 3.22. The second-order valence-electron chi connectivity index (χ2n) is 2.77. The molecule has 0 unspecified atom stereocenters. The SMILES string of the molecule is COC(CI)(OC)c1ccccc1Cl. The fraction of sp³-hybridized carbons (Fsp3) is 0.400. The third-order valence-electron chi connectivity index (χ3n) is 2.12. The van der Waals surface area contributed by atoms with E-state index < -0.39 is 5.79 Å². The highest BCUT2D eigenvalue weighted by Gasteiger charge is 2.32. The molecule has 1 aromatic rings. The van der Waals surface area contributed by atoms with E-state index in [4.69, 9.17) is 21.1 Å². The van der Waals surface area contributed by atoms with Crippen molar-refractivity contribution >= 4 is 34.2 Å². The molecule has 0 atom stereocenters. The molecule has 0 aromatic heterocycles. The van der Waals surface area contributed by atoms with Crippen molar-refractivity contribution in [1.82, 2.24) is 0 Å². The molecule has 1 rings (SSSR count). The summed E-state index contributed by atoms with van der Waals surface area (Å²) in [6.45, 7) is 0. The lowest BCUT2D eigenvalue weighted by Gasteiger charge is -2.29. The maximum Gasteiger partial charge on any atom is 0.204 e. The molecule has 0 saturated carbocycles. The smallest absolute Gasteiger partial charge is 0.204 e. The molecule has 0 spiro atoms. The minimum Gasteiger partial charge on any atom is -0.349 e. The summed E-state index contributed by atoms with van der Waals surface area (Å²) in [5, 5.41) is 0.660. The molecule has 0 heterocycles. The summed E-state index contributed by atoms with van der Waals surface area (Å²) < 4.78 is 11.5. The zero-order valence-corrected chi connectivity index (χ0v) is 11.0. The molecule has 0 fully saturated rings. The monoisotopic (exact) mass is 326 g/mol. The van der Waals surface area contributed by atoms with Crippen molar-refractivity contribution in [1.29, 1.82) is 0 Å². The molecule has 0 aliphatic rings. The second kappa shape index (κ2) is 5.30. The summed E-state index contributed by atoms with van der Waals surface area (Å²) >= 11 is 8.30. The number of methoxy groups -OCH3 is 2. The van der Waals surface area contributed by atoms with Crippen molar-refractivity contribution in [2.75, 3.05) is 18.6 Å². The Labute approximate surface area is 103 Å². The van der Waals surface area contributed by atoms with Gasteiger partial charge in [-0.25, -0.2) is 0 Å². The van der Waals surface area contributed by atoms with Gasteiger partial charge in [0, 0.05) is 24.8 Å². The number of halogens is 2. The number of alkyl halides is 1. The zero-order valence-electron chi connectivity index (χ0n) is 8.09. The summed E-state index contributed by atoms with van der Waals surface area (Å²) in [6, 6.07) is 7.54. The van der Waals surface area contributed by atoms with Crippen LogP contribution in [0, 0.1) is 0 Å². The Balaban J connectivity index is 3.17. The molecule has 78 valence electrons. The normalized spacial score (nSPS) is 11.7. The zero-order chi connectivity index (χ0) is 10.6. The fourth-order valence-electron chi connectivity index (χ4n) is 1.25. The van der Waals surface area contributed by atoms with E-state index >= 15 is 0 Å². The molecule has 0 N–H and O–H groups in total. The van der Waals surface area contributed by atoms with Gasteiger partial charge >= 0.3 is 0 Å². The van der Waals surface area contributed by atoms with E-state index in [1.165, 1.54) is 0 Å². The average molecular weight is 327 g/mol. The first-order valence-corrected chi connectivity index (χ1v) is 6.02. The van der Waals surface area contributed by atoms with E-state index in [9.17, 15) is 0 Å². The molecule has 2 nitrogen and oxygen atoms in total. The van der Waals surface area contributed by atoms with Crippen molar-refractivity contribution in [2.45, 2.75) is 5.79 Å². The van der Waals surface area contributed by atoms with Crippen LogP contribution in [0.4, 0.5) is 0 Å². The summed E-state index contributed by atoms with van der Waals surface area (Å²) in [5.41, 5.74) is 0.862. The van der Waals surface area contributed by atoms with Gasteiger partial charge in [0.15, 0.2) is 0 Å². The topological polar surface area (TPSA) is 18.5 Å². The Bertz CT molecular complexity index is 292. The third-order valence-corrected chi connectivity index (χ3v) is 3.45. The molecular formula is C10H12ClIO2. The van der Waals surface area contributed by atoms with Crippen LogP contribution in [0.2, 0.25) is 5.02 Å². The van der Waals surface area contributed by atoms with E-state index in [0.717, 1.165) is 5.56 Å². The molecule has 0 saturated heterocycles. The molecule has 0 aliphatic heterocycles. The van der Waals surface area contributed by atoms with Gasteiger partial charge in [-0.1, -0.05) is 52.4 Å². The van der Waals surface area contributed by atoms with E-state index in [2.05, 4.69) is 22.6 Å². The summed E-state index contributed by atoms with van der Waals surface area (Å²) in [4.78, 5) is 0. The van der Waals surface area contributed by atoms with Gasteiger partial charge in [0.25, 0.3) is 0 Å². The average Bonchev–Trinajstić information content (AvgIpc) is 2.24. The van der Waals surface area contributed by atoms with Crippen LogP contribution in [0.15, 0.2) is 24.3 Å². The maximum atomic E-state index is 6.08. The van der Waals surface area contributed by atoms with E-state index in [-0.39, 0.29) is 0 Å². The van der Waals surface area contributed by atoms with E-state index in [1.54, 1.807) is 14.2 Å². The maximum absolute atomic E-state index is 6.08. The van der Waals surface area contributed by atoms with Crippen molar-refractivity contribution in [2.24, 2.45) is 0 Å². The van der Waals surface area contributed by atoms with Gasteiger partial charge in [0.1, 0.15) is 0 Å². The number of benzene rings is 1. The molecule has 1 aromatic carbocycles. The highest BCUT2D eigenvalue weighted by atomic mass is 127. The first-order chi connectivity index (χ1) is 6.70. The van der Waals surface area contributed by atoms with Gasteiger partial charge in [0.05, 0.1) is 4.43 Å². The van der Waals surface area contributed by atoms with Crippen LogP contribution in [0.5, 0.6) is 0 Å². The molecule has 0 amide bonds. The number of ether oxygens (including phenoxy) is 2. The Kier molecular flexibility index (Phi) is 4.63. The third kappa shape index (κ3) is 2.21. The number of rotatable bonds is 4. The van der Waals surface area contributed by atoms with Gasteiger partial charge in [-0.3, -0.25) is 0 Å².